The molecule has 3 rings (SSSR count). The molecule has 0 saturated heterocycles. The zero-order chi connectivity index (χ0) is 21.6. The number of hydrogen-bond donors (Lipinski definition) is 2. The number of amides is 1. The van der Waals surface area contributed by atoms with Crippen molar-refractivity contribution < 1.29 is 17.6 Å². The first-order valence-corrected chi connectivity index (χ1v) is 11.9. The first-order valence-electron chi connectivity index (χ1n) is 9.47. The summed E-state index contributed by atoms with van der Waals surface area (Å²) < 4.78 is 42.0. The molecular formula is C22H23FN2O3S2. The van der Waals surface area contributed by atoms with E-state index in [1.54, 1.807) is 11.3 Å². The second-order valence-electron chi connectivity index (χ2n) is 7.04. The van der Waals surface area contributed by atoms with Crippen molar-refractivity contribution in [3.63, 3.8) is 0 Å². The number of hydrogen-bond acceptors (Lipinski definition) is 4. The van der Waals surface area contributed by atoms with Gasteiger partial charge in [0.1, 0.15) is 16.8 Å². The van der Waals surface area contributed by atoms with E-state index in [1.165, 1.54) is 18.2 Å². The molecule has 158 valence electrons. The zero-order valence-corrected chi connectivity index (χ0v) is 18.0. The molecule has 2 aromatic carbocycles. The van der Waals surface area contributed by atoms with Crippen LogP contribution < -0.4 is 10.0 Å². The number of carbonyl (C=O) groups excluding carboxylic acids is 1. The van der Waals surface area contributed by atoms with Gasteiger partial charge in [0.25, 0.3) is 0 Å². The second kappa shape index (κ2) is 9.97. The number of sulfonamides is 1. The molecule has 1 heterocycles. The molecule has 5 nitrogen and oxygen atoms in total. The quantitative estimate of drug-likeness (QED) is 0.528. The molecule has 2 unspecified atom stereocenters. The van der Waals surface area contributed by atoms with E-state index in [2.05, 4.69) is 10.0 Å². The lowest BCUT2D eigenvalue weighted by Crippen LogP contribution is -2.50. The fourth-order valence-electron chi connectivity index (χ4n) is 3.11. The van der Waals surface area contributed by atoms with Gasteiger partial charge in [-0.25, -0.2) is 12.8 Å². The Bertz CT molecular complexity index is 1070. The normalized spacial score (nSPS) is 13.5. The minimum Gasteiger partial charge on any atom is -0.352 e. The number of benzene rings is 2. The lowest BCUT2D eigenvalue weighted by Gasteiger charge is -2.21. The standard InChI is InChI=1S/C22H23FN2O3S2/c1-16(13-18-11-12-29-15-18)24-22(26)20(14-17-7-3-2-4-8-17)25-30(27,28)21-10-6-5-9-19(21)23/h2-12,15-16,20,25H,13-14H2,1H3,(H,24,26). The first kappa shape index (κ1) is 22.1. The van der Waals surface area contributed by atoms with Gasteiger partial charge in [-0.3, -0.25) is 4.79 Å². The van der Waals surface area contributed by atoms with Gasteiger partial charge in [0, 0.05) is 6.04 Å². The topological polar surface area (TPSA) is 75.3 Å². The van der Waals surface area contributed by atoms with Crippen LogP contribution in [0.15, 0.2) is 76.3 Å². The average Bonchev–Trinajstić information content (AvgIpc) is 3.21. The number of rotatable bonds is 9. The van der Waals surface area contributed by atoms with Gasteiger partial charge in [0.15, 0.2) is 0 Å². The Morgan fingerprint density at radius 1 is 1.00 bits per heavy atom. The second-order valence-corrected chi connectivity index (χ2v) is 9.50. The van der Waals surface area contributed by atoms with Crippen molar-refractivity contribution in [3.05, 3.63) is 88.4 Å². The van der Waals surface area contributed by atoms with E-state index in [0.29, 0.717) is 6.42 Å². The van der Waals surface area contributed by atoms with Crippen LogP contribution in [0.25, 0.3) is 0 Å². The van der Waals surface area contributed by atoms with Gasteiger partial charge < -0.3 is 5.32 Å². The van der Waals surface area contributed by atoms with Crippen LogP contribution in [0.5, 0.6) is 0 Å². The summed E-state index contributed by atoms with van der Waals surface area (Å²) in [5.41, 5.74) is 1.89. The third kappa shape index (κ3) is 5.98. The van der Waals surface area contributed by atoms with Crippen molar-refractivity contribution in [3.8, 4) is 0 Å². The summed E-state index contributed by atoms with van der Waals surface area (Å²) in [5, 5.41) is 6.84. The molecule has 2 atom stereocenters. The highest BCUT2D eigenvalue weighted by Crippen LogP contribution is 2.15. The summed E-state index contributed by atoms with van der Waals surface area (Å²) in [4.78, 5) is 12.5. The van der Waals surface area contributed by atoms with Gasteiger partial charge in [-0.1, -0.05) is 42.5 Å². The molecule has 0 saturated carbocycles. The molecule has 30 heavy (non-hydrogen) atoms. The van der Waals surface area contributed by atoms with Crippen LogP contribution in [-0.2, 0) is 27.7 Å². The maximum absolute atomic E-state index is 14.1. The van der Waals surface area contributed by atoms with E-state index in [9.17, 15) is 17.6 Å². The van der Waals surface area contributed by atoms with Crippen molar-refractivity contribution >= 4 is 27.3 Å². The highest BCUT2D eigenvalue weighted by atomic mass is 32.2. The summed E-state index contributed by atoms with van der Waals surface area (Å²) in [6, 6.07) is 14.9. The Hall–Kier alpha value is -2.55. The molecular weight excluding hydrogens is 423 g/mol. The van der Waals surface area contributed by atoms with Crippen molar-refractivity contribution in [1.82, 2.24) is 10.0 Å². The number of thiophene rings is 1. The van der Waals surface area contributed by atoms with E-state index in [1.807, 2.05) is 54.1 Å². The fraction of sp³-hybridized carbons (Fsp3) is 0.227. The average molecular weight is 447 g/mol. The summed E-state index contributed by atoms with van der Waals surface area (Å²) in [6.07, 6.45) is 0.777. The molecule has 1 aromatic heterocycles. The smallest absolute Gasteiger partial charge is 0.244 e. The molecule has 3 aromatic rings. The fourth-order valence-corrected chi connectivity index (χ4v) is 5.06. The van der Waals surface area contributed by atoms with Gasteiger partial charge in [-0.05, 0) is 59.9 Å². The predicted octanol–water partition coefficient (Wildman–Crippen LogP) is 3.52. The van der Waals surface area contributed by atoms with Crippen LogP contribution in [0.4, 0.5) is 4.39 Å². The molecule has 1 amide bonds. The lowest BCUT2D eigenvalue weighted by atomic mass is 10.1. The van der Waals surface area contributed by atoms with Crippen molar-refractivity contribution in [1.29, 1.82) is 0 Å². The highest BCUT2D eigenvalue weighted by Gasteiger charge is 2.28. The largest absolute Gasteiger partial charge is 0.352 e. The summed E-state index contributed by atoms with van der Waals surface area (Å²) in [5.74, 6) is -1.32. The van der Waals surface area contributed by atoms with Crippen LogP contribution in [0, 0.1) is 5.82 Å². The van der Waals surface area contributed by atoms with Crippen molar-refractivity contribution in [2.45, 2.75) is 36.7 Å². The van der Waals surface area contributed by atoms with Gasteiger partial charge in [0.05, 0.1) is 0 Å². The number of halogens is 1. The Balaban J connectivity index is 1.79. The van der Waals surface area contributed by atoms with Crippen LogP contribution in [0.2, 0.25) is 0 Å². The Morgan fingerprint density at radius 2 is 1.70 bits per heavy atom. The van der Waals surface area contributed by atoms with Crippen LogP contribution in [0.3, 0.4) is 0 Å². The molecule has 0 radical (unpaired) electrons. The molecule has 0 fully saturated rings. The zero-order valence-electron chi connectivity index (χ0n) is 16.4. The Morgan fingerprint density at radius 3 is 2.37 bits per heavy atom. The van der Waals surface area contributed by atoms with E-state index in [4.69, 9.17) is 0 Å². The van der Waals surface area contributed by atoms with Gasteiger partial charge in [0.2, 0.25) is 15.9 Å². The molecule has 0 aliphatic rings. The number of nitrogens with one attached hydrogen (secondary N) is 2. The van der Waals surface area contributed by atoms with Crippen LogP contribution in [-0.4, -0.2) is 26.4 Å². The first-order chi connectivity index (χ1) is 14.3. The molecule has 2 N–H and O–H groups in total. The minimum atomic E-state index is -4.23. The number of carbonyl (C=O) groups is 1. The molecule has 0 bridgehead atoms. The summed E-state index contributed by atoms with van der Waals surface area (Å²) >= 11 is 1.58. The Labute approximate surface area is 180 Å². The molecule has 0 aliphatic heterocycles. The monoisotopic (exact) mass is 446 g/mol. The van der Waals surface area contributed by atoms with Gasteiger partial charge >= 0.3 is 0 Å². The molecule has 0 aliphatic carbocycles. The Kier molecular flexibility index (Phi) is 7.36. The van der Waals surface area contributed by atoms with Crippen molar-refractivity contribution in [2.24, 2.45) is 0 Å². The molecule has 8 heteroatoms. The van der Waals surface area contributed by atoms with Gasteiger partial charge in [-0.2, -0.15) is 16.1 Å². The third-order valence-corrected chi connectivity index (χ3v) is 6.77. The minimum absolute atomic E-state index is 0.144. The summed E-state index contributed by atoms with van der Waals surface area (Å²) in [7, 11) is -4.23. The van der Waals surface area contributed by atoms with E-state index in [0.717, 1.165) is 17.2 Å². The highest BCUT2D eigenvalue weighted by molar-refractivity contribution is 7.89. The van der Waals surface area contributed by atoms with Gasteiger partial charge in [-0.15, -0.1) is 0 Å². The molecule has 0 spiro atoms. The third-order valence-electron chi connectivity index (χ3n) is 4.53. The maximum Gasteiger partial charge on any atom is 0.244 e. The van der Waals surface area contributed by atoms with E-state index < -0.39 is 32.7 Å². The predicted molar refractivity (Wildman–Crippen MR) is 116 cm³/mol. The lowest BCUT2D eigenvalue weighted by molar-refractivity contribution is -0.123. The van der Waals surface area contributed by atoms with E-state index in [-0.39, 0.29) is 12.5 Å². The SMILES string of the molecule is CC(Cc1ccsc1)NC(=O)C(Cc1ccccc1)NS(=O)(=O)c1ccccc1F. The van der Waals surface area contributed by atoms with E-state index >= 15 is 0 Å². The van der Waals surface area contributed by atoms with Crippen LogP contribution in [0.1, 0.15) is 18.1 Å². The van der Waals surface area contributed by atoms with Crippen LogP contribution >= 0.6 is 11.3 Å². The maximum atomic E-state index is 14.1. The summed E-state index contributed by atoms with van der Waals surface area (Å²) in [6.45, 7) is 1.86. The van der Waals surface area contributed by atoms with Crippen molar-refractivity contribution in [2.75, 3.05) is 0 Å².